The lowest BCUT2D eigenvalue weighted by atomic mass is 10.1. The second-order valence-electron chi connectivity index (χ2n) is 5.38. The van der Waals surface area contributed by atoms with E-state index in [1.165, 1.54) is 11.3 Å². The molecule has 2 aromatic rings. The molecule has 4 heteroatoms. The standard InChI is InChI=1S/C15H20N4/c1-10-8-15-16-9-14(12(3)19(15)18-10)11(2)17-13-6-4-5-7-13/h4-5,8-9,11,13,17H,6-7H2,1-3H3. The molecule has 0 radical (unpaired) electrons. The van der Waals surface area contributed by atoms with Crippen LogP contribution in [0.2, 0.25) is 0 Å². The Hall–Kier alpha value is -1.68. The van der Waals surface area contributed by atoms with Gasteiger partial charge >= 0.3 is 0 Å². The zero-order valence-corrected chi connectivity index (χ0v) is 11.7. The molecule has 3 rings (SSSR count). The highest BCUT2D eigenvalue weighted by molar-refractivity contribution is 5.42. The Morgan fingerprint density at radius 3 is 2.79 bits per heavy atom. The first-order valence-electron chi connectivity index (χ1n) is 6.88. The molecule has 1 N–H and O–H groups in total. The van der Waals surface area contributed by atoms with Gasteiger partial charge in [0.2, 0.25) is 0 Å². The zero-order chi connectivity index (χ0) is 13.4. The third kappa shape index (κ3) is 2.28. The lowest BCUT2D eigenvalue weighted by Gasteiger charge is -2.21. The topological polar surface area (TPSA) is 42.2 Å². The number of fused-ring (bicyclic) bond motifs is 1. The third-order valence-corrected chi connectivity index (χ3v) is 3.84. The number of hydrogen-bond acceptors (Lipinski definition) is 3. The van der Waals surface area contributed by atoms with Gasteiger partial charge in [-0.15, -0.1) is 0 Å². The van der Waals surface area contributed by atoms with Gasteiger partial charge in [0.25, 0.3) is 0 Å². The Balaban J connectivity index is 1.88. The third-order valence-electron chi connectivity index (χ3n) is 3.84. The quantitative estimate of drug-likeness (QED) is 0.859. The highest BCUT2D eigenvalue weighted by Gasteiger charge is 2.17. The summed E-state index contributed by atoms with van der Waals surface area (Å²) in [5.74, 6) is 0. The van der Waals surface area contributed by atoms with E-state index in [9.17, 15) is 0 Å². The van der Waals surface area contributed by atoms with Gasteiger partial charge in [0.15, 0.2) is 5.65 Å². The van der Waals surface area contributed by atoms with E-state index in [1.54, 1.807) is 0 Å². The lowest BCUT2D eigenvalue weighted by Crippen LogP contribution is -2.30. The summed E-state index contributed by atoms with van der Waals surface area (Å²) in [4.78, 5) is 4.50. The summed E-state index contributed by atoms with van der Waals surface area (Å²) in [7, 11) is 0. The fourth-order valence-corrected chi connectivity index (χ4v) is 2.80. The van der Waals surface area contributed by atoms with Gasteiger partial charge in [0, 0.05) is 35.6 Å². The summed E-state index contributed by atoms with van der Waals surface area (Å²) in [6, 6.07) is 2.87. The van der Waals surface area contributed by atoms with Crippen molar-refractivity contribution in [3.63, 3.8) is 0 Å². The first-order chi connectivity index (χ1) is 9.15. The van der Waals surface area contributed by atoms with Crippen LogP contribution >= 0.6 is 0 Å². The van der Waals surface area contributed by atoms with Crippen molar-refractivity contribution in [2.24, 2.45) is 0 Å². The second-order valence-corrected chi connectivity index (χ2v) is 5.38. The van der Waals surface area contributed by atoms with Crippen LogP contribution in [-0.4, -0.2) is 20.6 Å². The van der Waals surface area contributed by atoms with E-state index in [4.69, 9.17) is 0 Å². The fourth-order valence-electron chi connectivity index (χ4n) is 2.80. The predicted octanol–water partition coefficient (Wildman–Crippen LogP) is 2.72. The Bertz CT molecular complexity index is 618. The molecular formula is C15H20N4. The van der Waals surface area contributed by atoms with Crippen molar-refractivity contribution in [3.05, 3.63) is 41.4 Å². The highest BCUT2D eigenvalue weighted by Crippen LogP contribution is 2.21. The Kier molecular flexibility index (Phi) is 3.11. The van der Waals surface area contributed by atoms with E-state index in [-0.39, 0.29) is 0 Å². The minimum Gasteiger partial charge on any atom is -0.307 e. The van der Waals surface area contributed by atoms with Gasteiger partial charge in [-0.05, 0) is 33.6 Å². The molecular weight excluding hydrogens is 236 g/mol. The largest absolute Gasteiger partial charge is 0.307 e. The first kappa shape index (κ1) is 12.4. The molecule has 1 aliphatic rings. The maximum atomic E-state index is 4.50. The summed E-state index contributed by atoms with van der Waals surface area (Å²) < 4.78 is 1.94. The molecule has 1 unspecified atom stereocenters. The van der Waals surface area contributed by atoms with Gasteiger partial charge in [-0.3, -0.25) is 0 Å². The van der Waals surface area contributed by atoms with Crippen LogP contribution < -0.4 is 5.32 Å². The van der Waals surface area contributed by atoms with Crippen molar-refractivity contribution in [2.75, 3.05) is 0 Å². The average Bonchev–Trinajstić information content (AvgIpc) is 2.98. The summed E-state index contributed by atoms with van der Waals surface area (Å²) in [6.07, 6.45) is 8.72. The van der Waals surface area contributed by atoms with Gasteiger partial charge in [0.05, 0.1) is 5.69 Å². The number of nitrogens with one attached hydrogen (secondary N) is 1. The van der Waals surface area contributed by atoms with Crippen LogP contribution in [0.1, 0.15) is 42.8 Å². The van der Waals surface area contributed by atoms with Crippen molar-refractivity contribution < 1.29 is 0 Å². The van der Waals surface area contributed by atoms with Crippen molar-refractivity contribution in [2.45, 2.75) is 45.7 Å². The molecule has 0 aromatic carbocycles. The molecule has 0 aliphatic heterocycles. The molecule has 0 amide bonds. The maximum absolute atomic E-state index is 4.50. The molecule has 0 saturated carbocycles. The van der Waals surface area contributed by atoms with Crippen LogP contribution in [0.25, 0.3) is 5.65 Å². The van der Waals surface area contributed by atoms with Gasteiger partial charge in [0.1, 0.15) is 0 Å². The van der Waals surface area contributed by atoms with Crippen molar-refractivity contribution in [1.29, 1.82) is 0 Å². The summed E-state index contributed by atoms with van der Waals surface area (Å²) in [5.41, 5.74) is 4.33. The van der Waals surface area contributed by atoms with Crippen molar-refractivity contribution >= 4 is 5.65 Å². The Labute approximate surface area is 113 Å². The van der Waals surface area contributed by atoms with Crippen LogP contribution in [0.5, 0.6) is 0 Å². The summed E-state index contributed by atoms with van der Waals surface area (Å²) in [5, 5.41) is 8.17. The van der Waals surface area contributed by atoms with Crippen LogP contribution in [0, 0.1) is 13.8 Å². The van der Waals surface area contributed by atoms with Crippen molar-refractivity contribution in [1.82, 2.24) is 19.9 Å². The Morgan fingerprint density at radius 2 is 2.05 bits per heavy atom. The smallest absolute Gasteiger partial charge is 0.155 e. The summed E-state index contributed by atoms with van der Waals surface area (Å²) in [6.45, 7) is 6.31. The number of aromatic nitrogens is 3. The first-order valence-corrected chi connectivity index (χ1v) is 6.88. The second kappa shape index (κ2) is 4.78. The maximum Gasteiger partial charge on any atom is 0.155 e. The van der Waals surface area contributed by atoms with Crippen LogP contribution in [0.3, 0.4) is 0 Å². The van der Waals surface area contributed by atoms with Crippen molar-refractivity contribution in [3.8, 4) is 0 Å². The minimum absolute atomic E-state index is 0.298. The molecule has 1 atom stereocenters. The molecule has 4 nitrogen and oxygen atoms in total. The predicted molar refractivity (Wildman–Crippen MR) is 76.2 cm³/mol. The fraction of sp³-hybridized carbons (Fsp3) is 0.467. The van der Waals surface area contributed by atoms with Gasteiger partial charge in [-0.2, -0.15) is 5.10 Å². The van der Waals surface area contributed by atoms with Gasteiger partial charge in [-0.25, -0.2) is 9.50 Å². The lowest BCUT2D eigenvalue weighted by molar-refractivity contribution is 0.467. The SMILES string of the molecule is Cc1cc2ncc(C(C)NC3CC=CC3)c(C)n2n1. The van der Waals surface area contributed by atoms with E-state index < -0.39 is 0 Å². The molecule has 0 spiro atoms. The minimum atomic E-state index is 0.298. The van der Waals surface area contributed by atoms with E-state index >= 15 is 0 Å². The molecule has 0 bridgehead atoms. The zero-order valence-electron chi connectivity index (χ0n) is 11.7. The number of rotatable bonds is 3. The molecule has 0 saturated heterocycles. The van der Waals surface area contributed by atoms with Gasteiger partial charge < -0.3 is 5.32 Å². The van der Waals surface area contributed by atoms with Gasteiger partial charge in [-0.1, -0.05) is 12.2 Å². The van der Waals surface area contributed by atoms with Crippen LogP contribution in [0.15, 0.2) is 24.4 Å². The summed E-state index contributed by atoms with van der Waals surface area (Å²) >= 11 is 0. The average molecular weight is 256 g/mol. The number of hydrogen-bond donors (Lipinski definition) is 1. The molecule has 19 heavy (non-hydrogen) atoms. The van der Waals surface area contributed by atoms with E-state index in [0.29, 0.717) is 12.1 Å². The molecule has 100 valence electrons. The van der Waals surface area contributed by atoms with E-state index in [1.807, 2.05) is 23.7 Å². The number of aryl methyl sites for hydroxylation is 2. The normalized spacial score (nSPS) is 17.4. The number of nitrogens with zero attached hydrogens (tertiary/aromatic N) is 3. The monoisotopic (exact) mass is 256 g/mol. The molecule has 2 aromatic heterocycles. The molecule has 2 heterocycles. The highest BCUT2D eigenvalue weighted by atomic mass is 15.3. The Morgan fingerprint density at radius 1 is 1.32 bits per heavy atom. The van der Waals surface area contributed by atoms with E-state index in [0.717, 1.165) is 24.2 Å². The molecule has 1 aliphatic carbocycles. The van der Waals surface area contributed by atoms with Crippen LogP contribution in [0.4, 0.5) is 0 Å². The van der Waals surface area contributed by atoms with E-state index in [2.05, 4.69) is 41.4 Å². The van der Waals surface area contributed by atoms with Crippen LogP contribution in [-0.2, 0) is 0 Å². The molecule has 0 fully saturated rings.